The quantitative estimate of drug-likeness (QED) is 0.696. The molecule has 0 fully saturated rings. The second-order valence-corrected chi connectivity index (χ2v) is 4.77. The van der Waals surface area contributed by atoms with Crippen LogP contribution in [0.25, 0.3) is 0 Å². The van der Waals surface area contributed by atoms with E-state index in [-0.39, 0.29) is 6.04 Å². The van der Waals surface area contributed by atoms with Crippen LogP contribution in [0.4, 0.5) is 8.78 Å². The van der Waals surface area contributed by atoms with E-state index in [4.69, 9.17) is 4.74 Å². The number of hydrogen-bond donors (Lipinski definition) is 1. The van der Waals surface area contributed by atoms with Crippen LogP contribution >= 0.6 is 0 Å². The van der Waals surface area contributed by atoms with Crippen LogP contribution in [0, 0.1) is 11.6 Å². The van der Waals surface area contributed by atoms with E-state index in [1.807, 2.05) is 0 Å². The molecule has 0 spiro atoms. The summed E-state index contributed by atoms with van der Waals surface area (Å²) in [4.78, 5) is 0. The van der Waals surface area contributed by atoms with Gasteiger partial charge < -0.3 is 10.1 Å². The van der Waals surface area contributed by atoms with Crippen molar-refractivity contribution in [2.45, 2.75) is 38.6 Å². The van der Waals surface area contributed by atoms with Crippen LogP contribution in [0.1, 0.15) is 31.7 Å². The molecule has 0 aliphatic rings. The first kappa shape index (κ1) is 16.1. The monoisotopic (exact) mass is 271 g/mol. The fourth-order valence-corrected chi connectivity index (χ4v) is 2.11. The lowest BCUT2D eigenvalue weighted by Gasteiger charge is -2.18. The molecule has 0 aromatic heterocycles. The Bertz CT molecular complexity index is 351. The molecule has 2 nitrogen and oxygen atoms in total. The number of benzene rings is 1. The standard InChI is InChI=1S/C15H23F2NO/c1-3-6-18-15(5-4-7-19-2)10-12-8-13(16)11-14(17)9-12/h8-9,11,15,18H,3-7,10H2,1-2H3. The third kappa shape index (κ3) is 6.64. The number of ether oxygens (including phenoxy) is 1. The third-order valence-corrected chi connectivity index (χ3v) is 2.99. The predicted molar refractivity (Wildman–Crippen MR) is 73.3 cm³/mol. The van der Waals surface area contributed by atoms with Crippen molar-refractivity contribution >= 4 is 0 Å². The van der Waals surface area contributed by atoms with Crippen molar-refractivity contribution in [2.24, 2.45) is 0 Å². The summed E-state index contributed by atoms with van der Waals surface area (Å²) in [6.07, 6.45) is 3.55. The van der Waals surface area contributed by atoms with Crippen molar-refractivity contribution in [2.75, 3.05) is 20.3 Å². The van der Waals surface area contributed by atoms with Crippen LogP contribution < -0.4 is 5.32 Å². The number of nitrogens with one attached hydrogen (secondary N) is 1. The Morgan fingerprint density at radius 2 is 1.89 bits per heavy atom. The van der Waals surface area contributed by atoms with Crippen molar-refractivity contribution in [1.29, 1.82) is 0 Å². The van der Waals surface area contributed by atoms with Crippen molar-refractivity contribution in [3.8, 4) is 0 Å². The van der Waals surface area contributed by atoms with E-state index in [1.54, 1.807) is 7.11 Å². The number of rotatable bonds is 9. The Hall–Kier alpha value is -1.00. The molecule has 1 atom stereocenters. The van der Waals surface area contributed by atoms with Crippen LogP contribution in [0.15, 0.2) is 18.2 Å². The molecule has 19 heavy (non-hydrogen) atoms. The van der Waals surface area contributed by atoms with Crippen molar-refractivity contribution in [3.63, 3.8) is 0 Å². The maximum Gasteiger partial charge on any atom is 0.126 e. The third-order valence-electron chi connectivity index (χ3n) is 2.99. The average Bonchev–Trinajstić information content (AvgIpc) is 2.34. The fourth-order valence-electron chi connectivity index (χ4n) is 2.11. The first-order valence-corrected chi connectivity index (χ1v) is 6.83. The predicted octanol–water partition coefficient (Wildman–Crippen LogP) is 3.30. The molecular weight excluding hydrogens is 248 g/mol. The summed E-state index contributed by atoms with van der Waals surface area (Å²) in [6, 6.07) is 3.94. The smallest absolute Gasteiger partial charge is 0.126 e. The van der Waals surface area contributed by atoms with E-state index in [2.05, 4.69) is 12.2 Å². The number of methoxy groups -OCH3 is 1. The van der Waals surface area contributed by atoms with Crippen LogP contribution in [-0.2, 0) is 11.2 Å². The zero-order valence-corrected chi connectivity index (χ0v) is 11.7. The maximum absolute atomic E-state index is 13.2. The molecular formula is C15H23F2NO. The summed E-state index contributed by atoms with van der Waals surface area (Å²) in [5, 5.41) is 3.42. The van der Waals surface area contributed by atoms with Gasteiger partial charge in [-0.1, -0.05) is 6.92 Å². The molecule has 1 N–H and O–H groups in total. The maximum atomic E-state index is 13.2. The van der Waals surface area contributed by atoms with E-state index >= 15 is 0 Å². The topological polar surface area (TPSA) is 21.3 Å². The molecule has 4 heteroatoms. The van der Waals surface area contributed by atoms with E-state index in [1.165, 1.54) is 12.1 Å². The lowest BCUT2D eigenvalue weighted by atomic mass is 10.0. The summed E-state index contributed by atoms with van der Waals surface area (Å²) >= 11 is 0. The molecule has 0 aliphatic heterocycles. The Balaban J connectivity index is 2.58. The highest BCUT2D eigenvalue weighted by Gasteiger charge is 2.10. The molecule has 0 aliphatic carbocycles. The van der Waals surface area contributed by atoms with Gasteiger partial charge in [0.1, 0.15) is 11.6 Å². The van der Waals surface area contributed by atoms with Crippen LogP contribution in [-0.4, -0.2) is 26.3 Å². The van der Waals surface area contributed by atoms with E-state index in [0.29, 0.717) is 18.6 Å². The van der Waals surface area contributed by atoms with Crippen LogP contribution in [0.3, 0.4) is 0 Å². The molecule has 1 unspecified atom stereocenters. The Morgan fingerprint density at radius 1 is 1.21 bits per heavy atom. The molecule has 0 saturated carbocycles. The van der Waals surface area contributed by atoms with Gasteiger partial charge in [0.25, 0.3) is 0 Å². The van der Waals surface area contributed by atoms with Gasteiger partial charge in [-0.05, 0) is 49.9 Å². The van der Waals surface area contributed by atoms with E-state index in [0.717, 1.165) is 31.9 Å². The zero-order chi connectivity index (χ0) is 14.1. The molecule has 1 aromatic rings. The van der Waals surface area contributed by atoms with Gasteiger partial charge in [-0.2, -0.15) is 0 Å². The lowest BCUT2D eigenvalue weighted by molar-refractivity contribution is 0.188. The summed E-state index contributed by atoms with van der Waals surface area (Å²) in [6.45, 7) is 3.72. The molecule has 0 radical (unpaired) electrons. The van der Waals surface area contributed by atoms with Gasteiger partial charge in [0.15, 0.2) is 0 Å². The Morgan fingerprint density at radius 3 is 2.47 bits per heavy atom. The highest BCUT2D eigenvalue weighted by molar-refractivity contribution is 5.19. The van der Waals surface area contributed by atoms with Crippen LogP contribution in [0.5, 0.6) is 0 Å². The summed E-state index contributed by atoms with van der Waals surface area (Å²) in [5.41, 5.74) is 0.698. The molecule has 108 valence electrons. The summed E-state index contributed by atoms with van der Waals surface area (Å²) in [7, 11) is 1.68. The molecule has 0 saturated heterocycles. The minimum atomic E-state index is -0.513. The van der Waals surface area contributed by atoms with Gasteiger partial charge in [-0.25, -0.2) is 8.78 Å². The van der Waals surface area contributed by atoms with Gasteiger partial charge in [0, 0.05) is 25.8 Å². The van der Waals surface area contributed by atoms with Gasteiger partial charge in [-0.3, -0.25) is 0 Å². The average molecular weight is 271 g/mol. The minimum Gasteiger partial charge on any atom is -0.385 e. The van der Waals surface area contributed by atoms with Crippen molar-refractivity contribution in [3.05, 3.63) is 35.4 Å². The fraction of sp³-hybridized carbons (Fsp3) is 0.600. The zero-order valence-electron chi connectivity index (χ0n) is 11.7. The highest BCUT2D eigenvalue weighted by Crippen LogP contribution is 2.12. The number of halogens is 2. The second kappa shape index (κ2) is 8.99. The van der Waals surface area contributed by atoms with E-state index < -0.39 is 11.6 Å². The van der Waals surface area contributed by atoms with Gasteiger partial charge >= 0.3 is 0 Å². The molecule has 0 amide bonds. The first-order chi connectivity index (χ1) is 9.15. The lowest BCUT2D eigenvalue weighted by Crippen LogP contribution is -2.32. The summed E-state index contributed by atoms with van der Waals surface area (Å²) in [5.74, 6) is -1.03. The molecule has 1 rings (SSSR count). The van der Waals surface area contributed by atoms with Gasteiger partial charge in [0.05, 0.1) is 0 Å². The minimum absolute atomic E-state index is 0.233. The Labute approximate surface area is 114 Å². The normalized spacial score (nSPS) is 12.6. The molecule has 1 aromatic carbocycles. The molecule has 0 bridgehead atoms. The first-order valence-electron chi connectivity index (χ1n) is 6.83. The largest absolute Gasteiger partial charge is 0.385 e. The second-order valence-electron chi connectivity index (χ2n) is 4.77. The Kier molecular flexibility index (Phi) is 7.60. The van der Waals surface area contributed by atoms with Crippen molar-refractivity contribution < 1.29 is 13.5 Å². The van der Waals surface area contributed by atoms with Gasteiger partial charge in [0.2, 0.25) is 0 Å². The van der Waals surface area contributed by atoms with Gasteiger partial charge in [-0.15, -0.1) is 0 Å². The summed E-state index contributed by atoms with van der Waals surface area (Å²) < 4.78 is 31.4. The van der Waals surface area contributed by atoms with Crippen molar-refractivity contribution in [1.82, 2.24) is 5.32 Å². The van der Waals surface area contributed by atoms with E-state index in [9.17, 15) is 8.78 Å². The van der Waals surface area contributed by atoms with Crippen LogP contribution in [0.2, 0.25) is 0 Å². The molecule has 0 heterocycles. The highest BCUT2D eigenvalue weighted by atomic mass is 19.1. The number of hydrogen-bond acceptors (Lipinski definition) is 2. The SMILES string of the molecule is CCCNC(CCCOC)Cc1cc(F)cc(F)c1.